The van der Waals surface area contributed by atoms with Crippen LogP contribution in [-0.2, 0) is 0 Å². The zero-order chi connectivity index (χ0) is 16.2. The predicted octanol–water partition coefficient (Wildman–Crippen LogP) is 3.79. The molecule has 0 atom stereocenters. The van der Waals surface area contributed by atoms with E-state index in [1.165, 1.54) is 6.20 Å². The standard InChI is InChI=1S/C18H12ClN3O/c1-2-13-7-9-14(10-8-13)15-5-3-4-6-16(15)21-18(23)17-11-12-20-22(17)19/h1,3-12H,(H,21,23). The Morgan fingerprint density at radius 2 is 1.87 bits per heavy atom. The third-order valence-corrected chi connectivity index (χ3v) is 3.64. The fourth-order valence-electron chi connectivity index (χ4n) is 2.22. The van der Waals surface area contributed by atoms with Crippen molar-refractivity contribution < 1.29 is 4.79 Å². The van der Waals surface area contributed by atoms with Gasteiger partial charge in [-0.15, -0.1) is 6.42 Å². The Bertz CT molecular complexity index is 891. The van der Waals surface area contributed by atoms with Gasteiger partial charge < -0.3 is 5.32 Å². The smallest absolute Gasteiger partial charge is 0.275 e. The fourth-order valence-corrected chi connectivity index (χ4v) is 2.41. The van der Waals surface area contributed by atoms with Crippen molar-refractivity contribution in [1.82, 2.24) is 9.30 Å². The number of benzene rings is 2. The van der Waals surface area contributed by atoms with Crippen LogP contribution in [0.5, 0.6) is 0 Å². The van der Waals surface area contributed by atoms with Gasteiger partial charge in [0.2, 0.25) is 0 Å². The molecule has 0 saturated heterocycles. The van der Waals surface area contributed by atoms with Crippen LogP contribution in [0.4, 0.5) is 5.69 Å². The molecule has 0 radical (unpaired) electrons. The van der Waals surface area contributed by atoms with Gasteiger partial charge in [-0.3, -0.25) is 4.79 Å². The highest BCUT2D eigenvalue weighted by atomic mass is 35.5. The molecule has 23 heavy (non-hydrogen) atoms. The number of aromatic nitrogens is 2. The number of para-hydroxylation sites is 1. The zero-order valence-electron chi connectivity index (χ0n) is 12.0. The van der Waals surface area contributed by atoms with Crippen LogP contribution < -0.4 is 5.32 Å². The predicted molar refractivity (Wildman–Crippen MR) is 91.2 cm³/mol. The molecule has 0 aliphatic carbocycles. The van der Waals surface area contributed by atoms with Gasteiger partial charge in [0.1, 0.15) is 5.69 Å². The van der Waals surface area contributed by atoms with Crippen LogP contribution in [0.2, 0.25) is 0 Å². The summed E-state index contributed by atoms with van der Waals surface area (Å²) in [6, 6.07) is 16.6. The number of carbonyl (C=O) groups is 1. The Morgan fingerprint density at radius 3 is 2.52 bits per heavy atom. The number of hydrogen-bond acceptors (Lipinski definition) is 2. The quantitative estimate of drug-likeness (QED) is 0.746. The Labute approximate surface area is 138 Å². The van der Waals surface area contributed by atoms with Gasteiger partial charge in [-0.1, -0.05) is 36.3 Å². The number of hydrogen-bond donors (Lipinski definition) is 1. The Balaban J connectivity index is 1.93. The second-order valence-corrected chi connectivity index (χ2v) is 5.12. The summed E-state index contributed by atoms with van der Waals surface area (Å²) >= 11 is 5.82. The molecule has 0 spiro atoms. The summed E-state index contributed by atoms with van der Waals surface area (Å²) in [5.74, 6) is 2.25. The number of halogens is 1. The van der Waals surface area contributed by atoms with Crippen molar-refractivity contribution >= 4 is 23.4 Å². The van der Waals surface area contributed by atoms with Crippen LogP contribution >= 0.6 is 11.8 Å². The molecule has 0 aliphatic rings. The monoisotopic (exact) mass is 321 g/mol. The summed E-state index contributed by atoms with van der Waals surface area (Å²) in [4.78, 5) is 12.3. The molecule has 112 valence electrons. The first-order chi connectivity index (χ1) is 11.2. The van der Waals surface area contributed by atoms with Crippen LogP contribution in [0.1, 0.15) is 16.1 Å². The fraction of sp³-hybridized carbons (Fsp3) is 0. The number of amides is 1. The Morgan fingerprint density at radius 1 is 1.13 bits per heavy atom. The number of nitrogens with zero attached hydrogens (tertiary/aromatic N) is 2. The van der Waals surface area contributed by atoms with Crippen molar-refractivity contribution in [1.29, 1.82) is 0 Å². The van der Waals surface area contributed by atoms with Crippen LogP contribution in [0.25, 0.3) is 11.1 Å². The van der Waals surface area contributed by atoms with Crippen molar-refractivity contribution in [3.05, 3.63) is 72.1 Å². The molecule has 3 aromatic rings. The number of terminal acetylenes is 1. The summed E-state index contributed by atoms with van der Waals surface area (Å²) in [6.45, 7) is 0. The lowest BCUT2D eigenvalue weighted by Gasteiger charge is -2.11. The molecular weight excluding hydrogens is 310 g/mol. The molecule has 1 aromatic heterocycles. The molecular formula is C18H12ClN3O. The summed E-state index contributed by atoms with van der Waals surface area (Å²) < 4.78 is 1.01. The number of anilines is 1. The lowest BCUT2D eigenvalue weighted by atomic mass is 10.0. The van der Waals surface area contributed by atoms with E-state index in [9.17, 15) is 4.79 Å². The van der Waals surface area contributed by atoms with Gasteiger partial charge in [0, 0.05) is 28.6 Å². The number of rotatable bonds is 3. The molecule has 1 amide bonds. The first kappa shape index (κ1) is 14.9. The van der Waals surface area contributed by atoms with Crippen LogP contribution in [0.3, 0.4) is 0 Å². The molecule has 5 heteroatoms. The maximum absolute atomic E-state index is 12.3. The maximum Gasteiger partial charge on any atom is 0.275 e. The lowest BCUT2D eigenvalue weighted by molar-refractivity contribution is 0.102. The normalized spacial score (nSPS) is 10.1. The van der Waals surface area contributed by atoms with E-state index in [1.54, 1.807) is 6.07 Å². The van der Waals surface area contributed by atoms with E-state index in [1.807, 2.05) is 48.5 Å². The maximum atomic E-state index is 12.3. The van der Waals surface area contributed by atoms with Crippen molar-refractivity contribution in [2.75, 3.05) is 5.32 Å². The topological polar surface area (TPSA) is 46.9 Å². The average molecular weight is 322 g/mol. The summed E-state index contributed by atoms with van der Waals surface area (Å²) in [5, 5.41) is 6.64. The summed E-state index contributed by atoms with van der Waals surface area (Å²) in [6.07, 6.45) is 6.84. The molecule has 1 heterocycles. The minimum atomic E-state index is -0.329. The average Bonchev–Trinajstić information content (AvgIpc) is 3.02. The molecule has 0 bridgehead atoms. The zero-order valence-corrected chi connectivity index (χ0v) is 12.8. The molecule has 0 saturated carbocycles. The van der Waals surface area contributed by atoms with E-state index in [0.29, 0.717) is 5.69 Å². The summed E-state index contributed by atoms with van der Waals surface area (Å²) in [5.41, 5.74) is 3.61. The van der Waals surface area contributed by atoms with Gasteiger partial charge >= 0.3 is 0 Å². The van der Waals surface area contributed by atoms with Gasteiger partial charge in [-0.05, 0) is 29.8 Å². The van der Waals surface area contributed by atoms with Crippen molar-refractivity contribution in [2.45, 2.75) is 0 Å². The van der Waals surface area contributed by atoms with Gasteiger partial charge in [-0.2, -0.15) is 9.30 Å². The second kappa shape index (κ2) is 6.39. The van der Waals surface area contributed by atoms with E-state index < -0.39 is 0 Å². The molecule has 0 aliphatic heterocycles. The molecule has 2 aromatic carbocycles. The molecule has 0 fully saturated rings. The SMILES string of the molecule is C#Cc1ccc(-c2ccccc2NC(=O)c2ccnn2Cl)cc1. The van der Waals surface area contributed by atoms with E-state index in [-0.39, 0.29) is 11.6 Å². The highest BCUT2D eigenvalue weighted by Crippen LogP contribution is 2.28. The first-order valence-corrected chi connectivity index (χ1v) is 7.20. The van der Waals surface area contributed by atoms with Crippen LogP contribution in [-0.4, -0.2) is 15.2 Å². The van der Waals surface area contributed by atoms with Crippen molar-refractivity contribution in [2.24, 2.45) is 0 Å². The van der Waals surface area contributed by atoms with Crippen LogP contribution in [0, 0.1) is 12.3 Å². The minimum absolute atomic E-state index is 0.268. The second-order valence-electron chi connectivity index (χ2n) is 4.80. The van der Waals surface area contributed by atoms with Crippen molar-refractivity contribution in [3.63, 3.8) is 0 Å². The Kier molecular flexibility index (Phi) is 4.13. The van der Waals surface area contributed by atoms with E-state index >= 15 is 0 Å². The van der Waals surface area contributed by atoms with Gasteiger partial charge in [0.15, 0.2) is 0 Å². The largest absolute Gasteiger partial charge is 0.320 e. The third-order valence-electron chi connectivity index (χ3n) is 3.37. The first-order valence-electron chi connectivity index (χ1n) is 6.86. The number of carbonyl (C=O) groups excluding carboxylic acids is 1. The van der Waals surface area contributed by atoms with E-state index in [0.717, 1.165) is 20.9 Å². The minimum Gasteiger partial charge on any atom is -0.320 e. The molecule has 3 rings (SSSR count). The van der Waals surface area contributed by atoms with Crippen LogP contribution in [0.15, 0.2) is 60.8 Å². The molecule has 4 nitrogen and oxygen atoms in total. The van der Waals surface area contributed by atoms with Gasteiger partial charge in [0.25, 0.3) is 5.91 Å². The highest BCUT2D eigenvalue weighted by molar-refractivity contribution is 6.18. The molecule has 1 N–H and O–H groups in total. The lowest BCUT2D eigenvalue weighted by Crippen LogP contribution is -2.15. The number of nitrogens with one attached hydrogen (secondary N) is 1. The van der Waals surface area contributed by atoms with Crippen molar-refractivity contribution in [3.8, 4) is 23.5 Å². The molecule has 0 unspecified atom stereocenters. The van der Waals surface area contributed by atoms with Gasteiger partial charge in [-0.25, -0.2) is 0 Å². The van der Waals surface area contributed by atoms with E-state index in [4.69, 9.17) is 18.2 Å². The third kappa shape index (κ3) is 3.10. The summed E-state index contributed by atoms with van der Waals surface area (Å²) in [7, 11) is 0. The highest BCUT2D eigenvalue weighted by Gasteiger charge is 2.13. The van der Waals surface area contributed by atoms with Gasteiger partial charge in [0.05, 0.1) is 6.20 Å². The Hall–Kier alpha value is -3.03. The van der Waals surface area contributed by atoms with E-state index in [2.05, 4.69) is 16.3 Å².